The standard InChI is InChI=1S/C12H11N5O/c1-2-12(5-18)3-8(12)4-17-7-16-9-10(13)14-6-15-11(9)17/h1,4,6-7,18H,3,5H2,(H2,13,14,15)/b8-4-. The van der Waals surface area contributed by atoms with Gasteiger partial charge in [-0.2, -0.15) is 0 Å². The number of rotatable bonds is 2. The molecule has 1 aliphatic carbocycles. The van der Waals surface area contributed by atoms with Crippen molar-refractivity contribution in [1.29, 1.82) is 0 Å². The van der Waals surface area contributed by atoms with Crippen LogP contribution in [0.25, 0.3) is 17.4 Å². The molecule has 1 unspecified atom stereocenters. The van der Waals surface area contributed by atoms with Gasteiger partial charge in [-0.25, -0.2) is 15.0 Å². The van der Waals surface area contributed by atoms with Crippen molar-refractivity contribution in [2.45, 2.75) is 6.42 Å². The monoisotopic (exact) mass is 241 g/mol. The number of anilines is 1. The largest absolute Gasteiger partial charge is 0.394 e. The molecule has 1 atom stereocenters. The fraction of sp³-hybridized carbons (Fsp3) is 0.250. The Labute approximate surface area is 103 Å². The lowest BCUT2D eigenvalue weighted by Gasteiger charge is -2.00. The van der Waals surface area contributed by atoms with Gasteiger partial charge in [-0.05, 0) is 12.0 Å². The maximum absolute atomic E-state index is 9.26. The lowest BCUT2D eigenvalue weighted by molar-refractivity contribution is 0.254. The van der Waals surface area contributed by atoms with Gasteiger partial charge in [-0.15, -0.1) is 6.42 Å². The van der Waals surface area contributed by atoms with E-state index in [-0.39, 0.29) is 6.61 Å². The Hall–Kier alpha value is -2.39. The summed E-state index contributed by atoms with van der Waals surface area (Å²) in [6, 6.07) is 0. The molecular formula is C12H11N5O. The summed E-state index contributed by atoms with van der Waals surface area (Å²) in [6.07, 6.45) is 11.0. The molecule has 1 fully saturated rings. The highest BCUT2D eigenvalue weighted by Gasteiger charge is 2.47. The highest BCUT2D eigenvalue weighted by atomic mass is 16.3. The number of nitrogens with two attached hydrogens (primary N) is 1. The second kappa shape index (κ2) is 3.55. The van der Waals surface area contributed by atoms with Crippen molar-refractivity contribution in [2.24, 2.45) is 5.41 Å². The van der Waals surface area contributed by atoms with Gasteiger partial charge >= 0.3 is 0 Å². The first-order valence-electron chi connectivity index (χ1n) is 5.43. The third-order valence-corrected chi connectivity index (χ3v) is 3.21. The third-order valence-electron chi connectivity index (χ3n) is 3.21. The number of aliphatic hydroxyl groups excluding tert-OH is 1. The van der Waals surface area contributed by atoms with Gasteiger partial charge in [0.15, 0.2) is 17.0 Å². The second-order valence-corrected chi connectivity index (χ2v) is 4.30. The van der Waals surface area contributed by atoms with Crippen molar-refractivity contribution in [2.75, 3.05) is 12.3 Å². The molecule has 6 nitrogen and oxygen atoms in total. The fourth-order valence-electron chi connectivity index (χ4n) is 1.93. The topological polar surface area (TPSA) is 89.8 Å². The zero-order chi connectivity index (χ0) is 12.8. The van der Waals surface area contributed by atoms with Gasteiger partial charge in [0.2, 0.25) is 0 Å². The van der Waals surface area contributed by atoms with E-state index in [0.29, 0.717) is 23.4 Å². The molecule has 1 aliphatic rings. The van der Waals surface area contributed by atoms with Crippen LogP contribution in [-0.4, -0.2) is 31.2 Å². The summed E-state index contributed by atoms with van der Waals surface area (Å²) in [5.74, 6) is 2.96. The highest BCUT2D eigenvalue weighted by molar-refractivity contribution is 5.82. The lowest BCUT2D eigenvalue weighted by Crippen LogP contribution is -2.02. The van der Waals surface area contributed by atoms with Crippen molar-refractivity contribution in [3.63, 3.8) is 0 Å². The van der Waals surface area contributed by atoms with E-state index in [0.717, 1.165) is 5.57 Å². The Morgan fingerprint density at radius 3 is 3.06 bits per heavy atom. The highest BCUT2D eigenvalue weighted by Crippen LogP contribution is 2.51. The molecular weight excluding hydrogens is 230 g/mol. The molecule has 0 spiro atoms. The number of hydrogen-bond donors (Lipinski definition) is 2. The molecule has 0 saturated heterocycles. The molecule has 0 aromatic carbocycles. The van der Waals surface area contributed by atoms with Crippen LogP contribution >= 0.6 is 0 Å². The van der Waals surface area contributed by atoms with Crippen LogP contribution in [-0.2, 0) is 0 Å². The molecule has 3 N–H and O–H groups in total. The molecule has 0 amide bonds. The van der Waals surface area contributed by atoms with Gasteiger partial charge in [0.1, 0.15) is 12.7 Å². The van der Waals surface area contributed by atoms with E-state index in [4.69, 9.17) is 12.2 Å². The van der Waals surface area contributed by atoms with Crippen LogP contribution in [0.15, 0.2) is 18.2 Å². The molecule has 6 heteroatoms. The Morgan fingerprint density at radius 1 is 1.56 bits per heavy atom. The zero-order valence-electron chi connectivity index (χ0n) is 9.54. The van der Waals surface area contributed by atoms with Crippen LogP contribution in [0.1, 0.15) is 6.42 Å². The Kier molecular flexibility index (Phi) is 2.12. The minimum Gasteiger partial charge on any atom is -0.394 e. The van der Waals surface area contributed by atoms with Gasteiger partial charge in [-0.1, -0.05) is 5.92 Å². The molecule has 2 aromatic heterocycles. The minimum absolute atomic E-state index is 0.0426. The molecule has 0 bridgehead atoms. The Morgan fingerprint density at radius 2 is 2.39 bits per heavy atom. The van der Waals surface area contributed by atoms with Gasteiger partial charge in [-0.3, -0.25) is 4.57 Å². The average molecular weight is 241 g/mol. The van der Waals surface area contributed by atoms with Crippen LogP contribution in [0.3, 0.4) is 0 Å². The molecule has 3 rings (SSSR count). The number of aliphatic hydroxyl groups is 1. The first-order chi connectivity index (χ1) is 8.70. The van der Waals surface area contributed by atoms with Crippen LogP contribution in [0.2, 0.25) is 0 Å². The number of fused-ring (bicyclic) bond motifs is 1. The number of aromatic nitrogens is 4. The number of hydrogen-bond acceptors (Lipinski definition) is 5. The summed E-state index contributed by atoms with van der Waals surface area (Å²) < 4.78 is 1.75. The number of nitrogen functional groups attached to an aromatic ring is 1. The quantitative estimate of drug-likeness (QED) is 0.736. The van der Waals surface area contributed by atoms with Gasteiger partial charge < -0.3 is 10.8 Å². The zero-order valence-corrected chi connectivity index (χ0v) is 9.54. The van der Waals surface area contributed by atoms with E-state index >= 15 is 0 Å². The third kappa shape index (κ3) is 1.38. The van der Waals surface area contributed by atoms with Gasteiger partial charge in [0.25, 0.3) is 0 Å². The molecule has 2 aromatic rings. The van der Waals surface area contributed by atoms with E-state index in [9.17, 15) is 5.11 Å². The van der Waals surface area contributed by atoms with Crippen LogP contribution in [0.5, 0.6) is 0 Å². The lowest BCUT2D eigenvalue weighted by atomic mass is 10.1. The fourth-order valence-corrected chi connectivity index (χ4v) is 1.93. The summed E-state index contributed by atoms with van der Waals surface area (Å²) >= 11 is 0. The molecule has 2 heterocycles. The summed E-state index contributed by atoms with van der Waals surface area (Å²) in [5, 5.41) is 9.26. The van der Waals surface area contributed by atoms with E-state index in [1.54, 1.807) is 10.9 Å². The normalized spacial score (nSPS) is 24.3. The molecule has 18 heavy (non-hydrogen) atoms. The predicted molar refractivity (Wildman–Crippen MR) is 67.0 cm³/mol. The molecule has 90 valence electrons. The molecule has 1 saturated carbocycles. The smallest absolute Gasteiger partial charge is 0.169 e. The molecule has 0 radical (unpaired) electrons. The van der Waals surface area contributed by atoms with Gasteiger partial charge in [0, 0.05) is 6.20 Å². The Balaban J connectivity index is 2.06. The Bertz CT molecular complexity index is 696. The first-order valence-corrected chi connectivity index (χ1v) is 5.43. The van der Waals surface area contributed by atoms with Crippen molar-refractivity contribution < 1.29 is 5.11 Å². The van der Waals surface area contributed by atoms with Crippen molar-refractivity contribution >= 4 is 23.2 Å². The first kappa shape index (κ1) is 10.7. The van der Waals surface area contributed by atoms with Crippen LogP contribution in [0.4, 0.5) is 5.82 Å². The van der Waals surface area contributed by atoms with Gasteiger partial charge in [0.05, 0.1) is 12.0 Å². The summed E-state index contributed by atoms with van der Waals surface area (Å²) in [7, 11) is 0. The van der Waals surface area contributed by atoms with Crippen molar-refractivity contribution in [1.82, 2.24) is 19.5 Å². The summed E-state index contributed by atoms with van der Waals surface area (Å²) in [5.41, 5.74) is 7.38. The number of imidazole rings is 1. The predicted octanol–water partition coefficient (Wildman–Crippen LogP) is 0.265. The number of terminal acetylenes is 1. The summed E-state index contributed by atoms with van der Waals surface area (Å²) in [4.78, 5) is 12.2. The van der Waals surface area contributed by atoms with Crippen LogP contribution in [0, 0.1) is 17.8 Å². The van der Waals surface area contributed by atoms with E-state index in [1.165, 1.54) is 6.33 Å². The van der Waals surface area contributed by atoms with Crippen molar-refractivity contribution in [3.05, 3.63) is 18.2 Å². The van der Waals surface area contributed by atoms with Crippen molar-refractivity contribution in [3.8, 4) is 12.3 Å². The van der Waals surface area contributed by atoms with Crippen LogP contribution < -0.4 is 5.73 Å². The maximum Gasteiger partial charge on any atom is 0.169 e. The number of nitrogens with zero attached hydrogens (tertiary/aromatic N) is 4. The maximum atomic E-state index is 9.26. The molecule has 0 aliphatic heterocycles. The van der Waals surface area contributed by atoms with E-state index in [1.807, 2.05) is 6.20 Å². The summed E-state index contributed by atoms with van der Waals surface area (Å²) in [6.45, 7) is -0.0426. The van der Waals surface area contributed by atoms with E-state index in [2.05, 4.69) is 20.9 Å². The minimum atomic E-state index is -0.505. The second-order valence-electron chi connectivity index (χ2n) is 4.30. The average Bonchev–Trinajstić information content (AvgIpc) is 2.93. The SMILES string of the molecule is C#CC1(CO)C/C1=C/n1cnc2c(N)ncnc21. The van der Waals surface area contributed by atoms with E-state index < -0.39 is 5.41 Å².